The number of nitrogens with one attached hydrogen (secondary N) is 2. The van der Waals surface area contributed by atoms with Gasteiger partial charge in [0.05, 0.1) is 0 Å². The molecule has 6 heteroatoms. The second-order valence-electron chi connectivity index (χ2n) is 3.35. The van der Waals surface area contributed by atoms with Crippen molar-refractivity contribution in [1.29, 1.82) is 0 Å². The fraction of sp³-hybridized carbons (Fsp3) is 0.0833. The molecule has 0 heterocycles. The summed E-state index contributed by atoms with van der Waals surface area (Å²) in [5, 5.41) is 13.2. The number of carbonyl (C=O) groups is 3. The van der Waals surface area contributed by atoms with Crippen molar-refractivity contribution in [2.75, 3.05) is 11.9 Å². The summed E-state index contributed by atoms with van der Waals surface area (Å²) in [6, 6.07) is 6.04. The molecule has 0 bridgehead atoms. The minimum Gasteiger partial charge on any atom is -0.480 e. The van der Waals surface area contributed by atoms with Crippen LogP contribution in [0.3, 0.4) is 0 Å². The molecule has 0 saturated carbocycles. The van der Waals surface area contributed by atoms with E-state index in [0.29, 0.717) is 11.3 Å². The number of carbonyl (C=O) groups excluding carboxylic acids is 2. The summed E-state index contributed by atoms with van der Waals surface area (Å²) in [4.78, 5) is 32.7. The van der Waals surface area contributed by atoms with Crippen LogP contribution in [0.2, 0.25) is 0 Å². The molecule has 1 aromatic rings. The Morgan fingerprint density at radius 2 is 1.83 bits per heavy atom. The van der Waals surface area contributed by atoms with Gasteiger partial charge in [0, 0.05) is 11.3 Å². The highest BCUT2D eigenvalue weighted by Crippen LogP contribution is 2.09. The van der Waals surface area contributed by atoms with Crippen molar-refractivity contribution >= 4 is 23.5 Å². The van der Waals surface area contributed by atoms with Gasteiger partial charge in [-0.05, 0) is 30.3 Å². The van der Waals surface area contributed by atoms with Gasteiger partial charge in [0.2, 0.25) is 5.91 Å². The molecule has 3 N–H and O–H groups in total. The van der Waals surface area contributed by atoms with Crippen molar-refractivity contribution in [3.05, 3.63) is 42.5 Å². The second kappa shape index (κ2) is 6.19. The average Bonchev–Trinajstić information content (AvgIpc) is 2.36. The van der Waals surface area contributed by atoms with E-state index < -0.39 is 18.4 Å². The number of carboxylic acids is 1. The molecule has 2 amide bonds. The van der Waals surface area contributed by atoms with Crippen molar-refractivity contribution in [2.24, 2.45) is 0 Å². The van der Waals surface area contributed by atoms with Gasteiger partial charge in [0.15, 0.2) is 0 Å². The van der Waals surface area contributed by atoms with Gasteiger partial charge in [-0.1, -0.05) is 6.58 Å². The first kappa shape index (κ1) is 13.4. The predicted molar refractivity (Wildman–Crippen MR) is 65.2 cm³/mol. The Bertz CT molecular complexity index is 479. The number of rotatable bonds is 5. The number of aliphatic carboxylic acids is 1. The van der Waals surface area contributed by atoms with Crippen molar-refractivity contribution in [3.63, 3.8) is 0 Å². The van der Waals surface area contributed by atoms with E-state index in [0.717, 1.165) is 6.08 Å². The van der Waals surface area contributed by atoms with Gasteiger partial charge in [-0.3, -0.25) is 14.4 Å². The monoisotopic (exact) mass is 248 g/mol. The quantitative estimate of drug-likeness (QED) is 0.666. The second-order valence-corrected chi connectivity index (χ2v) is 3.35. The van der Waals surface area contributed by atoms with Gasteiger partial charge in [0.1, 0.15) is 6.54 Å². The molecule has 0 aromatic heterocycles. The summed E-state index contributed by atoms with van der Waals surface area (Å²) >= 11 is 0. The van der Waals surface area contributed by atoms with E-state index in [1.807, 2.05) is 0 Å². The molecule has 0 saturated heterocycles. The van der Waals surface area contributed by atoms with Crippen LogP contribution in [0, 0.1) is 0 Å². The number of anilines is 1. The maximum atomic E-state index is 11.5. The van der Waals surface area contributed by atoms with E-state index in [2.05, 4.69) is 17.2 Å². The Hall–Kier alpha value is -2.63. The van der Waals surface area contributed by atoms with Crippen molar-refractivity contribution in [2.45, 2.75) is 0 Å². The van der Waals surface area contributed by atoms with Gasteiger partial charge in [0.25, 0.3) is 5.91 Å². The highest BCUT2D eigenvalue weighted by molar-refractivity contribution is 6.00. The smallest absolute Gasteiger partial charge is 0.322 e. The Morgan fingerprint density at radius 1 is 1.22 bits per heavy atom. The van der Waals surface area contributed by atoms with Crippen molar-refractivity contribution in [3.8, 4) is 0 Å². The zero-order valence-electron chi connectivity index (χ0n) is 9.47. The Balaban J connectivity index is 2.64. The number of carboxylic acid groups (broad SMARTS) is 1. The van der Waals surface area contributed by atoms with E-state index >= 15 is 0 Å². The number of hydrogen-bond acceptors (Lipinski definition) is 3. The lowest BCUT2D eigenvalue weighted by Crippen LogP contribution is -2.29. The first-order valence-corrected chi connectivity index (χ1v) is 5.06. The fourth-order valence-corrected chi connectivity index (χ4v) is 1.16. The highest BCUT2D eigenvalue weighted by Gasteiger charge is 2.07. The highest BCUT2D eigenvalue weighted by atomic mass is 16.4. The van der Waals surface area contributed by atoms with Crippen LogP contribution in [0.5, 0.6) is 0 Å². The van der Waals surface area contributed by atoms with Crippen LogP contribution >= 0.6 is 0 Å². The third kappa shape index (κ3) is 4.09. The SMILES string of the molecule is C=CC(=O)Nc1ccc(C(=O)NCC(=O)O)cc1. The fourth-order valence-electron chi connectivity index (χ4n) is 1.16. The molecule has 1 aromatic carbocycles. The molecule has 0 aliphatic carbocycles. The largest absolute Gasteiger partial charge is 0.480 e. The summed E-state index contributed by atoms with van der Waals surface area (Å²) in [5.41, 5.74) is 0.836. The third-order valence-corrected chi connectivity index (χ3v) is 2.00. The molecule has 0 fully saturated rings. The Labute approximate surface area is 103 Å². The molecule has 1 rings (SSSR count). The van der Waals surface area contributed by atoms with Crippen LogP contribution in [0.25, 0.3) is 0 Å². The number of amides is 2. The molecule has 0 spiro atoms. The maximum absolute atomic E-state index is 11.5. The molecule has 0 aliphatic rings. The van der Waals surface area contributed by atoms with E-state index in [1.165, 1.54) is 24.3 Å². The Kier molecular flexibility index (Phi) is 4.62. The molecule has 6 nitrogen and oxygen atoms in total. The zero-order chi connectivity index (χ0) is 13.5. The molecule has 18 heavy (non-hydrogen) atoms. The molecule has 0 unspecified atom stereocenters. The predicted octanol–water partition coefficient (Wildman–Crippen LogP) is 0.625. The normalized spacial score (nSPS) is 9.33. The molecule has 94 valence electrons. The van der Waals surface area contributed by atoms with E-state index in [1.54, 1.807) is 0 Å². The van der Waals surface area contributed by atoms with Crippen LogP contribution in [0.15, 0.2) is 36.9 Å². The van der Waals surface area contributed by atoms with Gasteiger partial charge in [-0.15, -0.1) is 0 Å². The minimum absolute atomic E-state index is 0.313. The van der Waals surface area contributed by atoms with Crippen LogP contribution in [-0.2, 0) is 9.59 Å². The lowest BCUT2D eigenvalue weighted by molar-refractivity contribution is -0.135. The van der Waals surface area contributed by atoms with E-state index in [4.69, 9.17) is 5.11 Å². The summed E-state index contributed by atoms with van der Waals surface area (Å²) in [6.07, 6.45) is 1.13. The Morgan fingerprint density at radius 3 is 2.33 bits per heavy atom. The molecular weight excluding hydrogens is 236 g/mol. The molecule has 0 atom stereocenters. The lowest BCUT2D eigenvalue weighted by atomic mass is 10.2. The summed E-state index contributed by atoms with van der Waals surface area (Å²) in [5.74, 6) is -1.95. The first-order valence-electron chi connectivity index (χ1n) is 5.06. The third-order valence-electron chi connectivity index (χ3n) is 2.00. The summed E-state index contributed by atoms with van der Waals surface area (Å²) in [6.45, 7) is 2.87. The lowest BCUT2D eigenvalue weighted by Gasteiger charge is -2.04. The van der Waals surface area contributed by atoms with Gasteiger partial charge < -0.3 is 15.7 Å². The maximum Gasteiger partial charge on any atom is 0.322 e. The minimum atomic E-state index is -1.11. The van der Waals surface area contributed by atoms with Crippen molar-refractivity contribution < 1.29 is 19.5 Å². The summed E-state index contributed by atoms with van der Waals surface area (Å²) in [7, 11) is 0. The van der Waals surface area contributed by atoms with Gasteiger partial charge >= 0.3 is 5.97 Å². The van der Waals surface area contributed by atoms with Crippen LogP contribution in [-0.4, -0.2) is 29.4 Å². The molecule has 0 radical (unpaired) electrons. The van der Waals surface area contributed by atoms with E-state index in [-0.39, 0.29) is 5.91 Å². The summed E-state index contributed by atoms with van der Waals surface area (Å²) < 4.78 is 0. The number of hydrogen-bond donors (Lipinski definition) is 3. The zero-order valence-corrected chi connectivity index (χ0v) is 9.47. The van der Waals surface area contributed by atoms with Crippen LogP contribution < -0.4 is 10.6 Å². The standard InChI is InChI=1S/C12H12N2O4/c1-2-10(15)14-9-5-3-8(4-6-9)12(18)13-7-11(16)17/h2-6H,1,7H2,(H,13,18)(H,14,15)(H,16,17). The van der Waals surface area contributed by atoms with Crippen LogP contribution in [0.4, 0.5) is 5.69 Å². The topological polar surface area (TPSA) is 95.5 Å². The van der Waals surface area contributed by atoms with Gasteiger partial charge in [-0.25, -0.2) is 0 Å². The molecule has 0 aliphatic heterocycles. The van der Waals surface area contributed by atoms with Gasteiger partial charge in [-0.2, -0.15) is 0 Å². The van der Waals surface area contributed by atoms with Crippen LogP contribution in [0.1, 0.15) is 10.4 Å². The van der Waals surface area contributed by atoms with Crippen molar-refractivity contribution in [1.82, 2.24) is 5.32 Å². The average molecular weight is 248 g/mol. The van der Waals surface area contributed by atoms with E-state index in [9.17, 15) is 14.4 Å². The molecular formula is C12H12N2O4. The number of benzene rings is 1. The first-order chi connectivity index (χ1) is 8.52.